The fourth-order valence-corrected chi connectivity index (χ4v) is 3.83. The minimum atomic E-state index is -0.00707. The molecule has 0 aromatic heterocycles. The molecule has 3 rings (SSSR count). The second-order valence-corrected chi connectivity index (χ2v) is 7.59. The number of benzene rings is 1. The number of amides is 2. The van der Waals surface area contributed by atoms with E-state index in [1.165, 1.54) is 0 Å². The van der Waals surface area contributed by atoms with E-state index in [9.17, 15) is 9.59 Å². The lowest BCUT2D eigenvalue weighted by molar-refractivity contribution is -0.132. The Labute approximate surface area is 179 Å². The van der Waals surface area contributed by atoms with Gasteiger partial charge in [0, 0.05) is 45.3 Å². The van der Waals surface area contributed by atoms with E-state index in [0.29, 0.717) is 44.3 Å². The Balaban J connectivity index is 1.49. The molecule has 0 atom stereocenters. The van der Waals surface area contributed by atoms with Crippen molar-refractivity contribution >= 4 is 17.9 Å². The number of nitrogens with zero attached hydrogens (tertiary/aromatic N) is 3. The normalized spacial score (nSPS) is 17.5. The minimum Gasteiger partial charge on any atom is -0.490 e. The van der Waals surface area contributed by atoms with Gasteiger partial charge in [-0.05, 0) is 50.5 Å². The predicted molar refractivity (Wildman–Crippen MR) is 117 cm³/mol. The molecule has 7 heteroatoms. The summed E-state index contributed by atoms with van der Waals surface area (Å²) in [6, 6.07) is 5.67. The summed E-state index contributed by atoms with van der Waals surface area (Å²) in [6.45, 7) is 9.98. The summed E-state index contributed by atoms with van der Waals surface area (Å²) in [4.78, 5) is 30.8. The molecule has 2 aliphatic rings. The highest BCUT2D eigenvalue weighted by atomic mass is 16.5. The van der Waals surface area contributed by atoms with Crippen LogP contribution in [-0.4, -0.2) is 85.5 Å². The van der Waals surface area contributed by atoms with E-state index in [1.807, 2.05) is 47.9 Å². The van der Waals surface area contributed by atoms with Crippen LogP contribution in [0.3, 0.4) is 0 Å². The summed E-state index contributed by atoms with van der Waals surface area (Å²) in [5.41, 5.74) is 0.894. The Morgan fingerprint density at radius 2 is 1.57 bits per heavy atom. The Bertz CT molecular complexity index is 751. The maximum atomic E-state index is 12.6. The van der Waals surface area contributed by atoms with Gasteiger partial charge < -0.3 is 19.3 Å². The lowest BCUT2D eigenvalue weighted by Gasteiger charge is -2.34. The SMILES string of the molecule is CCOc1ccc(/C=C/C(=O)N2CCN(CC(=O)N3CCCC3)CC2)cc1OCC. The monoisotopic (exact) mass is 415 g/mol. The van der Waals surface area contributed by atoms with Crippen molar-refractivity contribution in [3.8, 4) is 11.5 Å². The molecule has 1 aromatic rings. The van der Waals surface area contributed by atoms with Gasteiger partial charge in [0.25, 0.3) is 0 Å². The molecule has 2 amide bonds. The molecule has 0 spiro atoms. The van der Waals surface area contributed by atoms with Gasteiger partial charge in [0.2, 0.25) is 11.8 Å². The third-order valence-electron chi connectivity index (χ3n) is 5.49. The van der Waals surface area contributed by atoms with Crippen LogP contribution in [0.4, 0.5) is 0 Å². The van der Waals surface area contributed by atoms with Gasteiger partial charge in [0.05, 0.1) is 19.8 Å². The van der Waals surface area contributed by atoms with E-state index >= 15 is 0 Å². The molecule has 2 heterocycles. The van der Waals surface area contributed by atoms with Crippen LogP contribution in [0.15, 0.2) is 24.3 Å². The number of carbonyl (C=O) groups is 2. The zero-order chi connectivity index (χ0) is 21.3. The number of ether oxygens (including phenoxy) is 2. The molecular weight excluding hydrogens is 382 g/mol. The number of likely N-dealkylation sites (tertiary alicyclic amines) is 1. The van der Waals surface area contributed by atoms with Crippen LogP contribution in [-0.2, 0) is 9.59 Å². The molecule has 164 valence electrons. The average molecular weight is 416 g/mol. The van der Waals surface area contributed by atoms with Crippen molar-refractivity contribution in [1.82, 2.24) is 14.7 Å². The lowest BCUT2D eigenvalue weighted by atomic mass is 10.1. The molecule has 1 aromatic carbocycles. The summed E-state index contributed by atoms with van der Waals surface area (Å²) in [5, 5.41) is 0. The molecule has 0 saturated carbocycles. The van der Waals surface area contributed by atoms with Crippen molar-refractivity contribution in [1.29, 1.82) is 0 Å². The van der Waals surface area contributed by atoms with Crippen molar-refractivity contribution in [2.24, 2.45) is 0 Å². The molecule has 0 bridgehead atoms. The standard InChI is InChI=1S/C23H33N3O4/c1-3-29-20-9-7-19(17-21(20)30-4-2)8-10-22(27)26-15-13-24(14-16-26)18-23(28)25-11-5-6-12-25/h7-10,17H,3-6,11-16,18H2,1-2H3/b10-8+. The topological polar surface area (TPSA) is 62.3 Å². The Morgan fingerprint density at radius 1 is 0.900 bits per heavy atom. The van der Waals surface area contributed by atoms with Crippen molar-refractivity contribution in [2.75, 3.05) is 59.0 Å². The number of carbonyl (C=O) groups excluding carboxylic acids is 2. The lowest BCUT2D eigenvalue weighted by Crippen LogP contribution is -2.51. The molecule has 2 aliphatic heterocycles. The Kier molecular flexibility index (Phi) is 8.13. The van der Waals surface area contributed by atoms with E-state index in [1.54, 1.807) is 6.08 Å². The van der Waals surface area contributed by atoms with Crippen LogP contribution in [0.5, 0.6) is 11.5 Å². The maximum absolute atomic E-state index is 12.6. The van der Waals surface area contributed by atoms with E-state index in [-0.39, 0.29) is 11.8 Å². The van der Waals surface area contributed by atoms with Gasteiger partial charge in [-0.2, -0.15) is 0 Å². The summed E-state index contributed by atoms with van der Waals surface area (Å²) in [5.74, 6) is 1.60. The number of hydrogen-bond acceptors (Lipinski definition) is 5. The first-order valence-electron chi connectivity index (χ1n) is 11.0. The number of rotatable bonds is 8. The second kappa shape index (κ2) is 11.0. The molecular formula is C23H33N3O4. The van der Waals surface area contributed by atoms with Crippen LogP contribution in [0, 0.1) is 0 Å². The molecule has 2 saturated heterocycles. The third kappa shape index (κ3) is 5.98. The Hall–Kier alpha value is -2.54. The average Bonchev–Trinajstić information content (AvgIpc) is 3.30. The van der Waals surface area contributed by atoms with Gasteiger partial charge in [-0.15, -0.1) is 0 Å². The summed E-state index contributed by atoms with van der Waals surface area (Å²) >= 11 is 0. The van der Waals surface area contributed by atoms with Gasteiger partial charge in [-0.3, -0.25) is 14.5 Å². The zero-order valence-corrected chi connectivity index (χ0v) is 18.1. The van der Waals surface area contributed by atoms with Crippen molar-refractivity contribution in [3.05, 3.63) is 29.8 Å². The van der Waals surface area contributed by atoms with Crippen molar-refractivity contribution < 1.29 is 19.1 Å². The Morgan fingerprint density at radius 3 is 2.23 bits per heavy atom. The summed E-state index contributed by atoms with van der Waals surface area (Å²) < 4.78 is 11.2. The highest BCUT2D eigenvalue weighted by Gasteiger charge is 2.24. The van der Waals surface area contributed by atoms with Gasteiger partial charge in [0.1, 0.15) is 0 Å². The largest absolute Gasteiger partial charge is 0.490 e. The fraction of sp³-hybridized carbons (Fsp3) is 0.565. The number of hydrogen-bond donors (Lipinski definition) is 0. The minimum absolute atomic E-state index is 0.00707. The highest BCUT2D eigenvalue weighted by Crippen LogP contribution is 2.29. The molecule has 0 aliphatic carbocycles. The summed E-state index contributed by atoms with van der Waals surface area (Å²) in [6.07, 6.45) is 5.64. The van der Waals surface area contributed by atoms with E-state index in [0.717, 1.165) is 44.6 Å². The summed E-state index contributed by atoms with van der Waals surface area (Å²) in [7, 11) is 0. The second-order valence-electron chi connectivity index (χ2n) is 7.59. The van der Waals surface area contributed by atoms with Crippen LogP contribution in [0.25, 0.3) is 6.08 Å². The zero-order valence-electron chi connectivity index (χ0n) is 18.1. The van der Waals surface area contributed by atoms with Crippen molar-refractivity contribution in [2.45, 2.75) is 26.7 Å². The molecule has 0 unspecified atom stereocenters. The first-order valence-corrected chi connectivity index (χ1v) is 11.0. The molecule has 2 fully saturated rings. The van der Waals surface area contributed by atoms with Crippen molar-refractivity contribution in [3.63, 3.8) is 0 Å². The molecule has 0 N–H and O–H groups in total. The van der Waals surface area contributed by atoms with E-state index < -0.39 is 0 Å². The van der Waals surface area contributed by atoms with E-state index in [4.69, 9.17) is 9.47 Å². The predicted octanol–water partition coefficient (Wildman–Crippen LogP) is 2.26. The first-order chi connectivity index (χ1) is 14.6. The van der Waals surface area contributed by atoms with Gasteiger partial charge in [-0.1, -0.05) is 6.07 Å². The van der Waals surface area contributed by atoms with Gasteiger partial charge in [0.15, 0.2) is 11.5 Å². The smallest absolute Gasteiger partial charge is 0.246 e. The van der Waals surface area contributed by atoms with Crippen LogP contribution in [0.1, 0.15) is 32.3 Å². The fourth-order valence-electron chi connectivity index (χ4n) is 3.83. The maximum Gasteiger partial charge on any atom is 0.246 e. The highest BCUT2D eigenvalue weighted by molar-refractivity contribution is 5.92. The quantitative estimate of drug-likeness (QED) is 0.610. The van der Waals surface area contributed by atoms with Crippen LogP contribution >= 0.6 is 0 Å². The number of piperazine rings is 1. The first kappa shape index (κ1) is 22.2. The molecule has 0 radical (unpaired) electrons. The van der Waals surface area contributed by atoms with Gasteiger partial charge in [-0.25, -0.2) is 0 Å². The van der Waals surface area contributed by atoms with Crippen LogP contribution < -0.4 is 9.47 Å². The van der Waals surface area contributed by atoms with Gasteiger partial charge >= 0.3 is 0 Å². The molecule has 7 nitrogen and oxygen atoms in total. The van der Waals surface area contributed by atoms with Crippen LogP contribution in [0.2, 0.25) is 0 Å². The molecule has 30 heavy (non-hydrogen) atoms. The van der Waals surface area contributed by atoms with E-state index in [2.05, 4.69) is 4.90 Å². The third-order valence-corrected chi connectivity index (χ3v) is 5.49.